The normalized spacial score (nSPS) is 17.3. The van der Waals surface area contributed by atoms with Crippen molar-refractivity contribution in [3.63, 3.8) is 0 Å². The lowest BCUT2D eigenvalue weighted by Crippen LogP contribution is -2.59. The van der Waals surface area contributed by atoms with E-state index >= 15 is 8.78 Å². The van der Waals surface area contributed by atoms with E-state index in [9.17, 15) is 74.6 Å². The van der Waals surface area contributed by atoms with E-state index < -0.39 is 127 Å². The Hall–Kier alpha value is -4.04. The molecule has 232 valence electrons. The van der Waals surface area contributed by atoms with Crippen LogP contribution in [-0.4, -0.2) is 17.9 Å². The molecule has 1 aliphatic heterocycles. The van der Waals surface area contributed by atoms with Crippen LogP contribution in [0.5, 0.6) is 0 Å². The van der Waals surface area contributed by atoms with Crippen molar-refractivity contribution in [2.24, 2.45) is 4.99 Å². The average molecular weight is 655 g/mol. The molecule has 0 saturated heterocycles. The number of rotatable bonds is 3. The number of aliphatic imine (C=N–C) groups is 1. The minimum Gasteiger partial charge on any atom is -0.254 e. The summed E-state index contributed by atoms with van der Waals surface area (Å²) in [5, 5.41) is 0. The van der Waals surface area contributed by atoms with Gasteiger partial charge in [-0.1, -0.05) is 0 Å². The van der Waals surface area contributed by atoms with Crippen molar-refractivity contribution >= 4 is 5.71 Å². The van der Waals surface area contributed by atoms with Crippen molar-refractivity contribution in [1.82, 2.24) is 0 Å². The second kappa shape index (κ2) is 9.74. The van der Waals surface area contributed by atoms with Crippen LogP contribution in [0.4, 0.5) is 83.4 Å². The first-order valence-corrected chi connectivity index (χ1v) is 10.2. The van der Waals surface area contributed by atoms with Crippen LogP contribution in [0.15, 0.2) is 4.99 Å². The SMILES string of the molecule is Fc1c(F)c(F)c(C2=NC(c3c(F)c(F)c(F)c(F)c3F)(c3c(F)c(F)c(F)c(F)c3F)C(F)(F)OC2(F)F)c(F)c1F. The smallest absolute Gasteiger partial charge is 0.254 e. The van der Waals surface area contributed by atoms with E-state index in [1.54, 1.807) is 0 Å². The summed E-state index contributed by atoms with van der Waals surface area (Å²) in [5.74, 6) is -51.2. The lowest BCUT2D eigenvalue weighted by atomic mass is 9.78. The van der Waals surface area contributed by atoms with Crippen LogP contribution in [-0.2, 0) is 10.3 Å². The van der Waals surface area contributed by atoms with Gasteiger partial charge in [-0.3, -0.25) is 4.99 Å². The molecule has 0 fully saturated rings. The summed E-state index contributed by atoms with van der Waals surface area (Å²) in [5.41, 5.74) is -19.8. The first-order valence-electron chi connectivity index (χ1n) is 10.2. The van der Waals surface area contributed by atoms with E-state index in [1.807, 2.05) is 4.99 Å². The third-order valence-electron chi connectivity index (χ3n) is 5.82. The van der Waals surface area contributed by atoms with Crippen LogP contribution in [0.3, 0.4) is 0 Å². The monoisotopic (exact) mass is 655 g/mol. The maximum atomic E-state index is 15.4. The molecule has 0 atom stereocenters. The number of alkyl halides is 4. The van der Waals surface area contributed by atoms with Gasteiger partial charge in [0.1, 0.15) is 5.71 Å². The summed E-state index contributed by atoms with van der Waals surface area (Å²) in [4.78, 5) is 1.91. The van der Waals surface area contributed by atoms with Crippen molar-refractivity contribution in [3.8, 4) is 0 Å². The van der Waals surface area contributed by atoms with Gasteiger partial charge in [0.15, 0.2) is 69.8 Å². The summed E-state index contributed by atoms with van der Waals surface area (Å²) in [7, 11) is 0. The van der Waals surface area contributed by atoms with Crippen LogP contribution in [0, 0.1) is 87.3 Å². The maximum Gasteiger partial charge on any atom is 0.405 e. The Morgan fingerprint density at radius 2 is 0.628 bits per heavy atom. The van der Waals surface area contributed by atoms with Gasteiger partial charge < -0.3 is 0 Å². The summed E-state index contributed by atoms with van der Waals surface area (Å²) in [6.07, 6.45) is -13.1. The first kappa shape index (κ1) is 31.9. The van der Waals surface area contributed by atoms with Crippen molar-refractivity contribution in [1.29, 1.82) is 0 Å². The largest absolute Gasteiger partial charge is 0.405 e. The van der Waals surface area contributed by atoms with Gasteiger partial charge in [0.2, 0.25) is 23.0 Å². The fourth-order valence-electron chi connectivity index (χ4n) is 3.97. The fourth-order valence-corrected chi connectivity index (χ4v) is 3.97. The van der Waals surface area contributed by atoms with Crippen molar-refractivity contribution in [2.45, 2.75) is 17.8 Å². The maximum absolute atomic E-state index is 15.4. The van der Waals surface area contributed by atoms with Crippen molar-refractivity contribution in [3.05, 3.63) is 104 Å². The van der Waals surface area contributed by atoms with Gasteiger partial charge in [-0.25, -0.2) is 70.6 Å². The molecular weight excluding hydrogens is 655 g/mol. The Kier molecular flexibility index (Phi) is 7.22. The zero-order valence-corrected chi connectivity index (χ0v) is 19.0. The molecule has 3 aromatic rings. The molecule has 21 heteroatoms. The highest BCUT2D eigenvalue weighted by Gasteiger charge is 2.72. The van der Waals surface area contributed by atoms with Gasteiger partial charge in [-0.05, 0) is 0 Å². The molecular formula is C22F19NO. The predicted molar refractivity (Wildman–Crippen MR) is 97.0 cm³/mol. The zero-order valence-electron chi connectivity index (χ0n) is 19.0. The van der Waals surface area contributed by atoms with E-state index in [4.69, 9.17) is 0 Å². The second-order valence-electron chi connectivity index (χ2n) is 8.14. The Bertz CT molecular complexity index is 1610. The standard InChI is InChI=1S/C22F19NO/c23-4-1(5(24)11(30)16(35)10(4)29)19-21(38,39)43-22(40,41)20(42-19,2-6(25)12(31)17(36)13(32)7(2)26)3-8(27)14(33)18(37)15(34)9(3)28. The van der Waals surface area contributed by atoms with Crippen LogP contribution in [0.1, 0.15) is 16.7 Å². The molecule has 1 aliphatic rings. The third kappa shape index (κ3) is 4.06. The summed E-state index contributed by atoms with van der Waals surface area (Å²) >= 11 is 0. The molecule has 1 heterocycles. The molecule has 0 radical (unpaired) electrons. The number of halogens is 19. The lowest BCUT2D eigenvalue weighted by molar-refractivity contribution is -0.375. The van der Waals surface area contributed by atoms with Gasteiger partial charge in [-0.15, -0.1) is 0 Å². The summed E-state index contributed by atoms with van der Waals surface area (Å²) < 4.78 is 276. The average Bonchev–Trinajstić information content (AvgIpc) is 2.92. The highest BCUT2D eigenvalue weighted by atomic mass is 19.3. The molecule has 0 spiro atoms. The van der Waals surface area contributed by atoms with Gasteiger partial charge in [0.05, 0.1) is 16.7 Å². The zero-order chi connectivity index (χ0) is 32.9. The van der Waals surface area contributed by atoms with Crippen molar-refractivity contribution < 1.29 is 88.2 Å². The summed E-state index contributed by atoms with van der Waals surface area (Å²) in [6, 6.07) is 0. The van der Waals surface area contributed by atoms with E-state index in [1.165, 1.54) is 0 Å². The number of nitrogens with zero attached hydrogens (tertiary/aromatic N) is 1. The molecule has 0 N–H and O–H groups in total. The Morgan fingerprint density at radius 1 is 0.372 bits per heavy atom. The van der Waals surface area contributed by atoms with E-state index in [0.29, 0.717) is 0 Å². The predicted octanol–water partition coefficient (Wildman–Crippen LogP) is 7.72. The quantitative estimate of drug-likeness (QED) is 0.161. The van der Waals surface area contributed by atoms with Crippen LogP contribution >= 0.6 is 0 Å². The van der Waals surface area contributed by atoms with Gasteiger partial charge in [0.25, 0.3) is 0 Å². The minimum atomic E-state index is -6.78. The number of benzene rings is 3. The van der Waals surface area contributed by atoms with E-state index in [0.717, 1.165) is 0 Å². The lowest BCUT2D eigenvalue weighted by Gasteiger charge is -2.43. The molecule has 0 saturated carbocycles. The molecule has 43 heavy (non-hydrogen) atoms. The number of ether oxygens (including phenoxy) is 1. The Labute approximate surface area is 221 Å². The van der Waals surface area contributed by atoms with Gasteiger partial charge in [-0.2, -0.15) is 17.6 Å². The molecule has 2 nitrogen and oxygen atoms in total. The molecule has 0 bridgehead atoms. The molecule has 0 unspecified atom stereocenters. The molecule has 0 aliphatic carbocycles. The first-order chi connectivity index (χ1) is 19.6. The fraction of sp³-hybridized carbons (Fsp3) is 0.136. The topological polar surface area (TPSA) is 21.6 Å². The second-order valence-corrected chi connectivity index (χ2v) is 8.14. The third-order valence-corrected chi connectivity index (χ3v) is 5.82. The van der Waals surface area contributed by atoms with Crippen LogP contribution in [0.2, 0.25) is 0 Å². The molecule has 3 aromatic carbocycles. The van der Waals surface area contributed by atoms with Gasteiger partial charge >= 0.3 is 12.2 Å². The number of hydrogen-bond acceptors (Lipinski definition) is 2. The molecule has 0 amide bonds. The van der Waals surface area contributed by atoms with Crippen molar-refractivity contribution in [2.75, 3.05) is 0 Å². The number of hydrogen-bond donors (Lipinski definition) is 0. The Balaban J connectivity index is 2.43. The van der Waals surface area contributed by atoms with E-state index in [2.05, 4.69) is 4.74 Å². The Morgan fingerprint density at radius 3 is 0.930 bits per heavy atom. The highest BCUT2D eigenvalue weighted by molar-refractivity contribution is 6.06. The highest BCUT2D eigenvalue weighted by Crippen LogP contribution is 2.57. The van der Waals surface area contributed by atoms with Crippen LogP contribution in [0.25, 0.3) is 0 Å². The minimum absolute atomic E-state index is 1.91. The van der Waals surface area contributed by atoms with E-state index in [-0.39, 0.29) is 0 Å². The van der Waals surface area contributed by atoms with Crippen LogP contribution < -0.4 is 0 Å². The van der Waals surface area contributed by atoms with Gasteiger partial charge in [0, 0.05) is 0 Å². The molecule has 4 rings (SSSR count). The summed E-state index contributed by atoms with van der Waals surface area (Å²) in [6.45, 7) is 0. The molecule has 0 aromatic heterocycles.